The van der Waals surface area contributed by atoms with Crippen molar-refractivity contribution < 1.29 is 29.2 Å². The molecule has 0 bridgehead atoms. The average molecular weight is 244 g/mol. The van der Waals surface area contributed by atoms with Crippen molar-refractivity contribution in [3.63, 3.8) is 0 Å². The third-order valence-electron chi connectivity index (χ3n) is 2.28. The van der Waals surface area contributed by atoms with Crippen LogP contribution in [0.2, 0.25) is 0 Å². The Kier molecular flexibility index (Phi) is 4.42. The lowest BCUT2D eigenvalue weighted by Crippen LogP contribution is -2.22. The number of phenolic OH excluding ortho intramolecular Hbond substituents is 1. The number of benzene rings is 1. The summed E-state index contributed by atoms with van der Waals surface area (Å²) >= 11 is 0. The molecule has 94 valence electrons. The van der Waals surface area contributed by atoms with Gasteiger partial charge in [-0.15, -0.1) is 0 Å². The largest absolute Gasteiger partial charge is 0.505 e. The third kappa shape index (κ3) is 3.40. The number of esters is 1. The summed E-state index contributed by atoms with van der Waals surface area (Å²) < 4.78 is 17.1. The highest BCUT2D eigenvalue weighted by molar-refractivity contribution is 5.69. The summed E-state index contributed by atoms with van der Waals surface area (Å²) in [6, 6.07) is 3.15. The molecule has 1 rings (SSSR count). The van der Waals surface area contributed by atoms with Crippen LogP contribution in [-0.2, 0) is 9.53 Å². The molecule has 0 fully saturated rings. The topological polar surface area (TPSA) is 87.0 Å². The minimum atomic E-state index is -1.40. The van der Waals surface area contributed by atoms with Crippen LogP contribution in [0.3, 0.4) is 0 Å². The first-order chi connectivity index (χ1) is 7.95. The van der Waals surface area contributed by atoms with Gasteiger partial charge in [0, 0.05) is 0 Å². The maximum Gasteiger partial charge on any atom is 0.308 e. The lowest BCUT2D eigenvalue weighted by Gasteiger charge is -2.17. The van der Waals surface area contributed by atoms with Crippen LogP contribution in [0.4, 0.5) is 4.39 Å². The van der Waals surface area contributed by atoms with E-state index in [4.69, 9.17) is 5.11 Å². The normalized spacial score (nSPS) is 14.1. The molecule has 5 nitrogen and oxygen atoms in total. The van der Waals surface area contributed by atoms with Crippen LogP contribution in [0.5, 0.6) is 5.75 Å². The summed E-state index contributed by atoms with van der Waals surface area (Å²) in [5.41, 5.74) is 0.111. The van der Waals surface area contributed by atoms with E-state index < -0.39 is 36.2 Å². The van der Waals surface area contributed by atoms with E-state index in [-0.39, 0.29) is 5.56 Å². The number of hydrogen-bond donors (Lipinski definition) is 3. The summed E-state index contributed by atoms with van der Waals surface area (Å²) in [6.45, 7) is 0. The van der Waals surface area contributed by atoms with E-state index in [2.05, 4.69) is 4.74 Å². The second-order valence-electron chi connectivity index (χ2n) is 3.50. The SMILES string of the molecule is COC(=O)CC(O)C(O)c1ccc(F)c(O)c1. The van der Waals surface area contributed by atoms with E-state index in [1.54, 1.807) is 0 Å². The molecule has 0 saturated heterocycles. The quantitative estimate of drug-likeness (QED) is 0.671. The molecule has 0 heterocycles. The van der Waals surface area contributed by atoms with Crippen molar-refractivity contribution in [2.45, 2.75) is 18.6 Å². The number of halogens is 1. The zero-order valence-electron chi connectivity index (χ0n) is 9.13. The fourth-order valence-corrected chi connectivity index (χ4v) is 1.30. The highest BCUT2D eigenvalue weighted by Crippen LogP contribution is 2.24. The maximum atomic E-state index is 12.8. The van der Waals surface area contributed by atoms with E-state index in [1.165, 1.54) is 6.07 Å². The first-order valence-corrected chi connectivity index (χ1v) is 4.87. The van der Waals surface area contributed by atoms with E-state index in [0.717, 1.165) is 19.2 Å². The van der Waals surface area contributed by atoms with E-state index in [0.29, 0.717) is 0 Å². The van der Waals surface area contributed by atoms with Gasteiger partial charge in [-0.05, 0) is 17.7 Å². The van der Waals surface area contributed by atoms with Gasteiger partial charge < -0.3 is 20.1 Å². The lowest BCUT2D eigenvalue weighted by molar-refractivity contribution is -0.144. The molecule has 0 aliphatic rings. The number of hydrogen-bond acceptors (Lipinski definition) is 5. The molecule has 0 radical (unpaired) electrons. The van der Waals surface area contributed by atoms with Gasteiger partial charge in [0.15, 0.2) is 11.6 Å². The first-order valence-electron chi connectivity index (χ1n) is 4.87. The molecule has 1 aromatic carbocycles. The number of rotatable bonds is 4. The van der Waals surface area contributed by atoms with Crippen molar-refractivity contribution in [3.05, 3.63) is 29.6 Å². The molecule has 0 amide bonds. The van der Waals surface area contributed by atoms with Gasteiger partial charge in [-0.2, -0.15) is 0 Å². The molecule has 1 aromatic rings. The van der Waals surface area contributed by atoms with E-state index >= 15 is 0 Å². The van der Waals surface area contributed by atoms with Gasteiger partial charge in [-0.25, -0.2) is 4.39 Å². The van der Waals surface area contributed by atoms with Crippen molar-refractivity contribution in [1.82, 2.24) is 0 Å². The number of aliphatic hydroxyl groups excluding tert-OH is 2. The molecular weight excluding hydrogens is 231 g/mol. The summed E-state index contributed by atoms with van der Waals surface area (Å²) in [5, 5.41) is 28.3. The monoisotopic (exact) mass is 244 g/mol. The Bertz CT molecular complexity index is 407. The van der Waals surface area contributed by atoms with Crippen LogP contribution in [0.1, 0.15) is 18.1 Å². The highest BCUT2D eigenvalue weighted by Gasteiger charge is 2.22. The second-order valence-corrected chi connectivity index (χ2v) is 3.50. The number of aliphatic hydroxyl groups is 2. The summed E-state index contributed by atoms with van der Waals surface area (Å²) in [6.07, 6.45) is -3.18. The van der Waals surface area contributed by atoms with Gasteiger partial charge in [-0.3, -0.25) is 4.79 Å². The molecule has 0 aromatic heterocycles. The van der Waals surface area contributed by atoms with Crippen molar-refractivity contribution >= 4 is 5.97 Å². The van der Waals surface area contributed by atoms with Crippen LogP contribution in [0, 0.1) is 5.82 Å². The number of carbonyl (C=O) groups excluding carboxylic acids is 1. The zero-order chi connectivity index (χ0) is 13.0. The van der Waals surface area contributed by atoms with Crippen LogP contribution in [0.15, 0.2) is 18.2 Å². The fourth-order valence-electron chi connectivity index (χ4n) is 1.30. The van der Waals surface area contributed by atoms with Gasteiger partial charge in [-0.1, -0.05) is 6.07 Å². The standard InChI is InChI=1S/C11H13FO5/c1-17-10(15)5-9(14)11(16)6-2-3-7(12)8(13)4-6/h2-4,9,11,13-14,16H,5H2,1H3. The Labute approximate surface area is 97.1 Å². The Morgan fingerprint density at radius 3 is 2.65 bits per heavy atom. The molecule has 2 unspecified atom stereocenters. The Hall–Kier alpha value is -1.66. The number of aromatic hydroxyl groups is 1. The van der Waals surface area contributed by atoms with E-state index in [9.17, 15) is 19.4 Å². The van der Waals surface area contributed by atoms with Gasteiger partial charge in [0.05, 0.1) is 19.6 Å². The minimum absolute atomic E-state index is 0.111. The smallest absolute Gasteiger partial charge is 0.308 e. The van der Waals surface area contributed by atoms with Gasteiger partial charge in [0.2, 0.25) is 0 Å². The van der Waals surface area contributed by atoms with Gasteiger partial charge in [0.1, 0.15) is 6.10 Å². The maximum absolute atomic E-state index is 12.8. The van der Waals surface area contributed by atoms with Crippen LogP contribution in [0.25, 0.3) is 0 Å². The molecule has 0 aliphatic carbocycles. The Balaban J connectivity index is 2.77. The van der Waals surface area contributed by atoms with Crippen molar-refractivity contribution in [1.29, 1.82) is 0 Å². The summed E-state index contributed by atoms with van der Waals surface area (Å²) in [7, 11) is 1.16. The molecule has 2 atom stereocenters. The van der Waals surface area contributed by atoms with Gasteiger partial charge >= 0.3 is 5.97 Å². The molecule has 17 heavy (non-hydrogen) atoms. The highest BCUT2D eigenvalue weighted by atomic mass is 19.1. The molecule has 6 heteroatoms. The Morgan fingerprint density at radius 2 is 2.12 bits per heavy atom. The predicted octanol–water partition coefficient (Wildman–Crippen LogP) is 0.489. The number of carbonyl (C=O) groups is 1. The molecule has 0 aliphatic heterocycles. The predicted molar refractivity (Wildman–Crippen MR) is 55.7 cm³/mol. The lowest BCUT2D eigenvalue weighted by atomic mass is 10.0. The van der Waals surface area contributed by atoms with E-state index in [1.807, 2.05) is 0 Å². The first kappa shape index (κ1) is 13.4. The number of ether oxygens (including phenoxy) is 1. The third-order valence-corrected chi connectivity index (χ3v) is 2.28. The molecule has 0 saturated carbocycles. The van der Waals surface area contributed by atoms with Crippen LogP contribution < -0.4 is 0 Å². The number of phenols is 1. The molecule has 3 N–H and O–H groups in total. The minimum Gasteiger partial charge on any atom is -0.505 e. The average Bonchev–Trinajstić information content (AvgIpc) is 2.31. The van der Waals surface area contributed by atoms with Crippen molar-refractivity contribution in [3.8, 4) is 5.75 Å². The van der Waals surface area contributed by atoms with Crippen LogP contribution in [-0.4, -0.2) is 34.5 Å². The van der Waals surface area contributed by atoms with Crippen LogP contribution >= 0.6 is 0 Å². The molecule has 0 spiro atoms. The Morgan fingerprint density at radius 1 is 1.47 bits per heavy atom. The van der Waals surface area contributed by atoms with Gasteiger partial charge in [0.25, 0.3) is 0 Å². The van der Waals surface area contributed by atoms with Crippen molar-refractivity contribution in [2.24, 2.45) is 0 Å². The summed E-state index contributed by atoms with van der Waals surface area (Å²) in [5.74, 6) is -2.14. The second kappa shape index (κ2) is 5.60. The van der Waals surface area contributed by atoms with Crippen molar-refractivity contribution in [2.75, 3.05) is 7.11 Å². The number of methoxy groups -OCH3 is 1. The zero-order valence-corrected chi connectivity index (χ0v) is 9.13. The fraction of sp³-hybridized carbons (Fsp3) is 0.364. The molecular formula is C11H13FO5. The summed E-state index contributed by atoms with van der Waals surface area (Å²) in [4.78, 5) is 10.9.